The Morgan fingerprint density at radius 2 is 2.18 bits per heavy atom. The molecule has 0 heterocycles. The molecule has 0 saturated heterocycles. The van der Waals surface area contributed by atoms with E-state index in [1.165, 1.54) is 7.11 Å². The third-order valence-electron chi connectivity index (χ3n) is 1.54. The number of phenols is 1. The zero-order valence-electron chi connectivity index (χ0n) is 6.66. The molecular weight excluding hydrogens is 140 g/mol. The molecule has 1 N–H and O–H groups in total. The molecular formula is C9H11O2. The van der Waals surface area contributed by atoms with E-state index in [2.05, 4.69) is 0 Å². The first kappa shape index (κ1) is 7.92. The Balaban J connectivity index is 3.02. The number of benzene rings is 1. The Hall–Kier alpha value is -1.18. The van der Waals surface area contributed by atoms with Crippen LogP contribution in [-0.2, 0) is 0 Å². The van der Waals surface area contributed by atoms with Gasteiger partial charge in [-0.1, -0.05) is 13.0 Å². The van der Waals surface area contributed by atoms with Crippen molar-refractivity contribution in [2.24, 2.45) is 0 Å². The van der Waals surface area contributed by atoms with Crippen LogP contribution in [0.1, 0.15) is 12.5 Å². The average Bonchev–Trinajstić information content (AvgIpc) is 2.05. The zero-order valence-corrected chi connectivity index (χ0v) is 6.66. The van der Waals surface area contributed by atoms with Crippen molar-refractivity contribution in [2.45, 2.75) is 6.92 Å². The third-order valence-corrected chi connectivity index (χ3v) is 1.54. The predicted molar refractivity (Wildman–Crippen MR) is 43.7 cm³/mol. The molecule has 1 aromatic carbocycles. The molecule has 0 aliphatic rings. The predicted octanol–water partition coefficient (Wildman–Crippen LogP) is 1.97. The van der Waals surface area contributed by atoms with Crippen molar-refractivity contribution in [3.63, 3.8) is 0 Å². The van der Waals surface area contributed by atoms with Crippen LogP contribution >= 0.6 is 0 Å². The summed E-state index contributed by atoms with van der Waals surface area (Å²) in [6.45, 7) is 1.94. The molecule has 1 aromatic rings. The van der Waals surface area contributed by atoms with Gasteiger partial charge < -0.3 is 9.84 Å². The second-order valence-corrected chi connectivity index (χ2v) is 2.22. The summed E-state index contributed by atoms with van der Waals surface area (Å²) >= 11 is 0. The summed E-state index contributed by atoms with van der Waals surface area (Å²) in [5, 5.41) is 9.19. The van der Waals surface area contributed by atoms with Gasteiger partial charge in [-0.3, -0.25) is 0 Å². The van der Waals surface area contributed by atoms with Crippen LogP contribution in [0.15, 0.2) is 18.2 Å². The summed E-state index contributed by atoms with van der Waals surface area (Å²) in [4.78, 5) is 0. The molecule has 2 nitrogen and oxygen atoms in total. The highest BCUT2D eigenvalue weighted by Gasteiger charge is 1.99. The first-order chi connectivity index (χ1) is 5.27. The summed E-state index contributed by atoms with van der Waals surface area (Å²) in [6.07, 6.45) is 1.95. The molecule has 0 amide bonds. The Kier molecular flexibility index (Phi) is 2.36. The molecule has 0 fully saturated rings. The Bertz CT molecular complexity index is 243. The van der Waals surface area contributed by atoms with Crippen molar-refractivity contribution in [1.29, 1.82) is 0 Å². The minimum atomic E-state index is 0.179. The normalized spacial score (nSPS) is 9.64. The molecule has 0 atom stereocenters. The van der Waals surface area contributed by atoms with Gasteiger partial charge in [-0.2, -0.15) is 0 Å². The van der Waals surface area contributed by atoms with Crippen LogP contribution in [0.5, 0.6) is 11.5 Å². The first-order valence-electron chi connectivity index (χ1n) is 3.44. The van der Waals surface area contributed by atoms with Crippen molar-refractivity contribution in [1.82, 2.24) is 0 Å². The standard InChI is InChI=1S/C9H11O2/c1-3-7-4-5-8(10)9(6-7)11-2/h3-6,10H,1-2H3. The van der Waals surface area contributed by atoms with Gasteiger partial charge in [0.25, 0.3) is 0 Å². The van der Waals surface area contributed by atoms with Crippen LogP contribution < -0.4 is 4.74 Å². The van der Waals surface area contributed by atoms with E-state index in [1.54, 1.807) is 12.1 Å². The maximum atomic E-state index is 9.19. The fourth-order valence-electron chi connectivity index (χ4n) is 0.874. The Labute approximate surface area is 66.4 Å². The minimum absolute atomic E-state index is 0.179. The van der Waals surface area contributed by atoms with E-state index in [9.17, 15) is 5.11 Å². The highest BCUT2D eigenvalue weighted by atomic mass is 16.5. The van der Waals surface area contributed by atoms with Crippen LogP contribution in [0.4, 0.5) is 0 Å². The zero-order chi connectivity index (χ0) is 8.27. The van der Waals surface area contributed by atoms with Crippen molar-refractivity contribution in [2.75, 3.05) is 7.11 Å². The number of hydrogen-bond acceptors (Lipinski definition) is 2. The first-order valence-corrected chi connectivity index (χ1v) is 3.44. The quantitative estimate of drug-likeness (QED) is 0.700. The second kappa shape index (κ2) is 3.28. The van der Waals surface area contributed by atoms with E-state index in [4.69, 9.17) is 4.74 Å². The molecule has 0 spiro atoms. The summed E-state index contributed by atoms with van der Waals surface area (Å²) in [5.41, 5.74) is 1.04. The fourth-order valence-corrected chi connectivity index (χ4v) is 0.874. The van der Waals surface area contributed by atoms with E-state index >= 15 is 0 Å². The topological polar surface area (TPSA) is 29.5 Å². The summed E-state index contributed by atoms with van der Waals surface area (Å²) in [6, 6.07) is 5.24. The molecule has 2 heteroatoms. The number of rotatable bonds is 2. The molecule has 59 valence electrons. The lowest BCUT2D eigenvalue weighted by Gasteiger charge is -2.03. The summed E-state index contributed by atoms with van der Waals surface area (Å²) in [5.74, 6) is 0.693. The Morgan fingerprint density at radius 3 is 2.73 bits per heavy atom. The molecule has 0 bridgehead atoms. The average molecular weight is 151 g/mol. The monoisotopic (exact) mass is 151 g/mol. The highest BCUT2D eigenvalue weighted by molar-refractivity contribution is 5.43. The molecule has 11 heavy (non-hydrogen) atoms. The van der Waals surface area contributed by atoms with Crippen molar-refractivity contribution >= 4 is 0 Å². The van der Waals surface area contributed by atoms with Gasteiger partial charge in [-0.15, -0.1) is 0 Å². The number of phenolic OH excluding ortho intramolecular Hbond substituents is 1. The maximum absolute atomic E-state index is 9.19. The van der Waals surface area contributed by atoms with Crippen LogP contribution in [0.2, 0.25) is 0 Å². The van der Waals surface area contributed by atoms with Crippen molar-refractivity contribution < 1.29 is 9.84 Å². The number of methoxy groups -OCH3 is 1. The maximum Gasteiger partial charge on any atom is 0.160 e. The lowest BCUT2D eigenvalue weighted by Crippen LogP contribution is -1.85. The fraction of sp³-hybridized carbons (Fsp3) is 0.222. The van der Waals surface area contributed by atoms with Gasteiger partial charge in [-0.05, 0) is 24.1 Å². The van der Waals surface area contributed by atoms with Gasteiger partial charge in [-0.25, -0.2) is 0 Å². The lowest BCUT2D eigenvalue weighted by molar-refractivity contribution is 0.373. The minimum Gasteiger partial charge on any atom is -0.504 e. The van der Waals surface area contributed by atoms with E-state index in [0.29, 0.717) is 5.75 Å². The van der Waals surface area contributed by atoms with Gasteiger partial charge in [0.05, 0.1) is 7.11 Å². The lowest BCUT2D eigenvalue weighted by atomic mass is 10.1. The molecule has 1 radical (unpaired) electrons. The summed E-state index contributed by atoms with van der Waals surface area (Å²) in [7, 11) is 1.54. The van der Waals surface area contributed by atoms with E-state index in [1.807, 2.05) is 19.4 Å². The highest BCUT2D eigenvalue weighted by Crippen LogP contribution is 2.26. The largest absolute Gasteiger partial charge is 0.504 e. The SMILES string of the molecule is C[CH]c1ccc(O)c(OC)c1. The van der Waals surface area contributed by atoms with Gasteiger partial charge in [0.1, 0.15) is 0 Å². The van der Waals surface area contributed by atoms with Gasteiger partial charge in [0.2, 0.25) is 0 Å². The Morgan fingerprint density at radius 1 is 1.45 bits per heavy atom. The molecule has 1 rings (SSSR count). The van der Waals surface area contributed by atoms with E-state index in [-0.39, 0.29) is 5.75 Å². The van der Waals surface area contributed by atoms with Gasteiger partial charge >= 0.3 is 0 Å². The molecule has 0 aliphatic carbocycles. The number of aromatic hydroxyl groups is 1. The summed E-state index contributed by atoms with van der Waals surface area (Å²) < 4.78 is 4.92. The van der Waals surface area contributed by atoms with Gasteiger partial charge in [0.15, 0.2) is 11.5 Å². The van der Waals surface area contributed by atoms with Crippen LogP contribution in [0.25, 0.3) is 0 Å². The smallest absolute Gasteiger partial charge is 0.160 e. The molecule has 0 saturated carbocycles. The number of hydrogen-bond donors (Lipinski definition) is 1. The van der Waals surface area contributed by atoms with E-state index in [0.717, 1.165) is 5.56 Å². The molecule has 0 aromatic heterocycles. The third kappa shape index (κ3) is 1.64. The van der Waals surface area contributed by atoms with Crippen LogP contribution in [0.3, 0.4) is 0 Å². The van der Waals surface area contributed by atoms with Crippen molar-refractivity contribution in [3.8, 4) is 11.5 Å². The van der Waals surface area contributed by atoms with Crippen molar-refractivity contribution in [3.05, 3.63) is 30.2 Å². The second-order valence-electron chi connectivity index (χ2n) is 2.22. The molecule has 0 unspecified atom stereocenters. The number of ether oxygens (including phenoxy) is 1. The van der Waals surface area contributed by atoms with E-state index < -0.39 is 0 Å². The van der Waals surface area contributed by atoms with Crippen LogP contribution in [-0.4, -0.2) is 12.2 Å². The van der Waals surface area contributed by atoms with Gasteiger partial charge in [0, 0.05) is 0 Å². The van der Waals surface area contributed by atoms with Crippen LogP contribution in [0, 0.1) is 6.42 Å². The molecule has 0 aliphatic heterocycles.